The van der Waals surface area contributed by atoms with E-state index in [2.05, 4.69) is 4.74 Å². The summed E-state index contributed by atoms with van der Waals surface area (Å²) in [6, 6.07) is 10.5. The molecule has 1 aromatic carbocycles. The Kier molecular flexibility index (Phi) is 5.04. The van der Waals surface area contributed by atoms with Crippen molar-refractivity contribution in [2.45, 2.75) is 26.4 Å². The van der Waals surface area contributed by atoms with Gasteiger partial charge in [-0.2, -0.15) is 5.26 Å². The van der Waals surface area contributed by atoms with Crippen LogP contribution in [0.5, 0.6) is 0 Å². The van der Waals surface area contributed by atoms with Gasteiger partial charge >= 0.3 is 12.1 Å². The molecule has 0 aromatic heterocycles. The van der Waals surface area contributed by atoms with Crippen LogP contribution in [-0.4, -0.2) is 17.7 Å². The van der Waals surface area contributed by atoms with Gasteiger partial charge in [0.05, 0.1) is 0 Å². The van der Waals surface area contributed by atoms with Gasteiger partial charge in [-0.05, 0) is 32.4 Å². The molecule has 0 atom stereocenters. The summed E-state index contributed by atoms with van der Waals surface area (Å²) < 4.78 is 9.30. The summed E-state index contributed by atoms with van der Waals surface area (Å²) in [5, 5.41) is 8.93. The Morgan fingerprint density at radius 3 is 2.30 bits per heavy atom. The molecule has 5 nitrogen and oxygen atoms in total. The molecular formula is C15H15NO4. The second kappa shape index (κ2) is 6.53. The smallest absolute Gasteiger partial charge is 0.428 e. The van der Waals surface area contributed by atoms with E-state index in [0.29, 0.717) is 5.56 Å². The molecule has 0 spiro atoms. The van der Waals surface area contributed by atoms with Crippen LogP contribution in [0.3, 0.4) is 0 Å². The van der Waals surface area contributed by atoms with Gasteiger partial charge in [-0.1, -0.05) is 30.3 Å². The first-order valence-corrected chi connectivity index (χ1v) is 5.94. The molecule has 0 aliphatic heterocycles. The third-order valence-corrected chi connectivity index (χ3v) is 2.02. The number of nitriles is 1. The van der Waals surface area contributed by atoms with Gasteiger partial charge in [-0.15, -0.1) is 0 Å². The van der Waals surface area contributed by atoms with E-state index >= 15 is 0 Å². The van der Waals surface area contributed by atoms with Crippen LogP contribution in [-0.2, 0) is 14.3 Å². The highest BCUT2D eigenvalue weighted by atomic mass is 16.7. The summed E-state index contributed by atoms with van der Waals surface area (Å²) in [4.78, 5) is 23.0. The molecule has 5 heteroatoms. The highest BCUT2D eigenvalue weighted by molar-refractivity contribution is 6.01. The minimum Gasteiger partial charge on any atom is -0.428 e. The molecule has 0 aliphatic rings. The molecule has 0 N–H and O–H groups in total. The van der Waals surface area contributed by atoms with Crippen molar-refractivity contribution in [3.05, 3.63) is 41.5 Å². The molecule has 1 rings (SSSR count). The van der Waals surface area contributed by atoms with E-state index in [0.717, 1.165) is 0 Å². The fourth-order valence-electron chi connectivity index (χ4n) is 1.25. The third-order valence-electron chi connectivity index (χ3n) is 2.02. The van der Waals surface area contributed by atoms with Crippen molar-refractivity contribution in [3.8, 4) is 6.07 Å². The summed E-state index contributed by atoms with van der Waals surface area (Å²) in [6.07, 6.45) is 0.212. The first-order valence-electron chi connectivity index (χ1n) is 5.94. The van der Waals surface area contributed by atoms with Crippen LogP contribution in [0, 0.1) is 11.3 Å². The molecule has 0 unspecified atom stereocenters. The average molecular weight is 273 g/mol. The summed E-state index contributed by atoms with van der Waals surface area (Å²) in [7, 11) is 0. The Morgan fingerprint density at radius 1 is 1.20 bits per heavy atom. The van der Waals surface area contributed by atoms with Gasteiger partial charge in [-0.3, -0.25) is 0 Å². The number of benzene rings is 1. The number of esters is 1. The molecule has 0 saturated carbocycles. The zero-order valence-corrected chi connectivity index (χ0v) is 11.5. The predicted octanol–water partition coefficient (Wildman–Crippen LogP) is 3.07. The van der Waals surface area contributed by atoms with E-state index in [-0.39, 0.29) is 5.57 Å². The number of carbonyl (C=O) groups is 2. The Balaban J connectivity index is 2.77. The van der Waals surface area contributed by atoms with Crippen molar-refractivity contribution >= 4 is 18.2 Å². The summed E-state index contributed by atoms with van der Waals surface area (Å²) in [5.41, 5.74) is -0.389. The van der Waals surface area contributed by atoms with Crippen molar-refractivity contribution in [3.63, 3.8) is 0 Å². The van der Waals surface area contributed by atoms with E-state index in [9.17, 15) is 9.59 Å². The first kappa shape index (κ1) is 15.4. The molecular weight excluding hydrogens is 258 g/mol. The Hall–Kier alpha value is -2.61. The van der Waals surface area contributed by atoms with Crippen LogP contribution in [0.15, 0.2) is 35.9 Å². The zero-order chi connectivity index (χ0) is 15.2. The lowest BCUT2D eigenvalue weighted by atomic mass is 10.1. The second-order valence-corrected chi connectivity index (χ2v) is 4.93. The monoisotopic (exact) mass is 273 g/mol. The number of carbonyl (C=O) groups excluding carboxylic acids is 2. The first-order chi connectivity index (χ1) is 9.31. The summed E-state index contributed by atoms with van der Waals surface area (Å²) in [6.45, 7) is 4.93. The Labute approximate surface area is 117 Å². The van der Waals surface area contributed by atoms with Gasteiger partial charge in [0.15, 0.2) is 0 Å². The lowest BCUT2D eigenvalue weighted by molar-refractivity contribution is -0.136. The van der Waals surface area contributed by atoms with Gasteiger partial charge in [0.1, 0.15) is 17.2 Å². The van der Waals surface area contributed by atoms with Crippen molar-refractivity contribution in [1.29, 1.82) is 5.26 Å². The van der Waals surface area contributed by atoms with Gasteiger partial charge in [0, 0.05) is 0 Å². The fourth-order valence-corrected chi connectivity index (χ4v) is 1.25. The van der Waals surface area contributed by atoms with Crippen molar-refractivity contribution in [2.75, 3.05) is 0 Å². The standard InChI is InChI=1S/C15H15NO4/c1-15(2,3)20-14(18)19-13(17)12(10-16)9-11-7-5-4-6-8-11/h4-9H,1-3H3. The SMILES string of the molecule is CC(C)(C)OC(=O)OC(=O)C(C#N)=Cc1ccccc1. The van der Waals surface area contributed by atoms with Crippen molar-refractivity contribution in [1.82, 2.24) is 0 Å². The van der Waals surface area contributed by atoms with Crippen LogP contribution >= 0.6 is 0 Å². The maximum Gasteiger partial charge on any atom is 0.516 e. The quantitative estimate of drug-likeness (QED) is 0.358. The van der Waals surface area contributed by atoms with E-state index in [1.807, 2.05) is 6.07 Å². The minimum absolute atomic E-state index is 0.276. The topological polar surface area (TPSA) is 76.4 Å². The number of hydrogen-bond acceptors (Lipinski definition) is 5. The lowest BCUT2D eigenvalue weighted by Crippen LogP contribution is -2.26. The van der Waals surface area contributed by atoms with Crippen LogP contribution < -0.4 is 0 Å². The number of ether oxygens (including phenoxy) is 2. The molecule has 1 aromatic rings. The van der Waals surface area contributed by atoms with Gasteiger partial charge in [0.2, 0.25) is 0 Å². The van der Waals surface area contributed by atoms with Crippen molar-refractivity contribution in [2.24, 2.45) is 0 Å². The van der Waals surface area contributed by atoms with Crippen LogP contribution in [0.2, 0.25) is 0 Å². The molecule has 0 amide bonds. The largest absolute Gasteiger partial charge is 0.516 e. The highest BCUT2D eigenvalue weighted by Gasteiger charge is 2.22. The molecule has 0 radical (unpaired) electrons. The van der Waals surface area contributed by atoms with Crippen LogP contribution in [0.25, 0.3) is 6.08 Å². The van der Waals surface area contributed by atoms with E-state index in [1.165, 1.54) is 6.08 Å². The molecule has 0 aliphatic carbocycles. The number of hydrogen-bond donors (Lipinski definition) is 0. The van der Waals surface area contributed by atoms with Gasteiger partial charge in [-0.25, -0.2) is 9.59 Å². The Morgan fingerprint density at radius 2 is 1.80 bits per heavy atom. The minimum atomic E-state index is -1.13. The van der Waals surface area contributed by atoms with Crippen LogP contribution in [0.1, 0.15) is 26.3 Å². The number of rotatable bonds is 2. The second-order valence-electron chi connectivity index (χ2n) is 4.93. The van der Waals surface area contributed by atoms with E-state index in [4.69, 9.17) is 10.00 Å². The normalized spacial score (nSPS) is 11.4. The summed E-state index contributed by atoms with van der Waals surface area (Å²) >= 11 is 0. The molecule has 0 saturated heterocycles. The van der Waals surface area contributed by atoms with Gasteiger partial charge < -0.3 is 9.47 Å². The average Bonchev–Trinajstić information content (AvgIpc) is 2.34. The molecule has 104 valence electrons. The maximum atomic E-state index is 11.7. The Bertz CT molecular complexity index is 562. The van der Waals surface area contributed by atoms with E-state index in [1.54, 1.807) is 51.1 Å². The fraction of sp³-hybridized carbons (Fsp3) is 0.267. The zero-order valence-electron chi connectivity index (χ0n) is 11.5. The van der Waals surface area contributed by atoms with Gasteiger partial charge in [0.25, 0.3) is 0 Å². The molecule has 0 bridgehead atoms. The molecule has 0 heterocycles. The predicted molar refractivity (Wildman–Crippen MR) is 72.4 cm³/mol. The highest BCUT2D eigenvalue weighted by Crippen LogP contribution is 2.11. The molecule has 20 heavy (non-hydrogen) atoms. The summed E-state index contributed by atoms with van der Waals surface area (Å²) in [5.74, 6) is -1.04. The van der Waals surface area contributed by atoms with E-state index < -0.39 is 17.7 Å². The molecule has 0 fully saturated rings. The number of nitrogens with zero attached hydrogens (tertiary/aromatic N) is 1. The lowest BCUT2D eigenvalue weighted by Gasteiger charge is -2.17. The van der Waals surface area contributed by atoms with Crippen molar-refractivity contribution < 1.29 is 19.1 Å². The van der Waals surface area contributed by atoms with Crippen LogP contribution in [0.4, 0.5) is 4.79 Å². The third kappa shape index (κ3) is 5.36. The maximum absolute atomic E-state index is 11.7.